The van der Waals surface area contributed by atoms with Crippen LogP contribution in [0.5, 0.6) is 5.75 Å². The zero-order chi connectivity index (χ0) is 13.1. The van der Waals surface area contributed by atoms with Crippen molar-refractivity contribution in [3.8, 4) is 5.75 Å². The summed E-state index contributed by atoms with van der Waals surface area (Å²) in [6.07, 6.45) is 0. The van der Waals surface area contributed by atoms with Crippen LogP contribution in [0.2, 0.25) is 0 Å². The predicted molar refractivity (Wildman–Crippen MR) is 59.3 cm³/mol. The maximum Gasteiger partial charge on any atom is 0.387 e. The number of alkyl halides is 4. The van der Waals surface area contributed by atoms with Crippen molar-refractivity contribution in [2.24, 2.45) is 5.73 Å². The minimum atomic E-state index is -3.61. The van der Waals surface area contributed by atoms with Crippen molar-refractivity contribution in [3.05, 3.63) is 29.8 Å². The van der Waals surface area contributed by atoms with E-state index in [2.05, 4.69) is 4.74 Å². The van der Waals surface area contributed by atoms with Crippen molar-refractivity contribution < 1.29 is 27.4 Å². The third kappa shape index (κ3) is 4.01. The van der Waals surface area contributed by atoms with Crippen molar-refractivity contribution in [2.75, 3.05) is 6.61 Å². The van der Waals surface area contributed by atoms with E-state index in [1.54, 1.807) is 0 Å². The van der Waals surface area contributed by atoms with Crippen LogP contribution in [-0.4, -0.2) is 24.2 Å². The van der Waals surface area contributed by atoms with Gasteiger partial charge in [-0.15, -0.1) is 12.4 Å². The zero-order valence-corrected chi connectivity index (χ0v) is 9.84. The number of hydrogen-bond acceptors (Lipinski definition) is 3. The summed E-state index contributed by atoms with van der Waals surface area (Å²) in [5, 5.41) is 8.48. The number of benzene rings is 1. The van der Waals surface area contributed by atoms with Crippen molar-refractivity contribution in [3.63, 3.8) is 0 Å². The SMILES string of the molecule is Cl.N[C@@H](c1ccccc1OC(F)F)C(F)(F)CO. The van der Waals surface area contributed by atoms with E-state index in [0.717, 1.165) is 12.1 Å². The average Bonchev–Trinajstić information content (AvgIpc) is 2.28. The van der Waals surface area contributed by atoms with Crippen LogP contribution in [0.15, 0.2) is 24.3 Å². The molecule has 0 radical (unpaired) electrons. The monoisotopic (exact) mass is 289 g/mol. The van der Waals surface area contributed by atoms with Crippen LogP contribution < -0.4 is 10.5 Å². The maximum atomic E-state index is 13.1. The Morgan fingerprint density at radius 1 is 1.28 bits per heavy atom. The first-order valence-electron chi connectivity index (χ1n) is 4.66. The third-order valence-corrected chi connectivity index (χ3v) is 2.14. The first-order chi connectivity index (χ1) is 7.88. The molecule has 1 aromatic rings. The second kappa shape index (κ2) is 6.77. The molecule has 0 amide bonds. The van der Waals surface area contributed by atoms with E-state index in [1.165, 1.54) is 12.1 Å². The van der Waals surface area contributed by atoms with Gasteiger partial charge < -0.3 is 15.6 Å². The van der Waals surface area contributed by atoms with Crippen LogP contribution >= 0.6 is 12.4 Å². The first kappa shape index (κ1) is 16.9. The first-order valence-corrected chi connectivity index (χ1v) is 4.66. The number of aliphatic hydroxyl groups is 1. The van der Waals surface area contributed by atoms with Gasteiger partial charge in [0.15, 0.2) is 0 Å². The van der Waals surface area contributed by atoms with Crippen molar-refractivity contribution >= 4 is 12.4 Å². The summed E-state index contributed by atoms with van der Waals surface area (Å²) >= 11 is 0. The molecule has 0 bridgehead atoms. The van der Waals surface area contributed by atoms with Gasteiger partial charge in [-0.05, 0) is 6.07 Å². The summed E-state index contributed by atoms with van der Waals surface area (Å²) in [6.45, 7) is -4.61. The van der Waals surface area contributed by atoms with Gasteiger partial charge in [-0.1, -0.05) is 18.2 Å². The Bertz CT molecular complexity index is 379. The van der Waals surface area contributed by atoms with E-state index >= 15 is 0 Å². The predicted octanol–water partition coefficient (Wildman–Crippen LogP) is 2.34. The van der Waals surface area contributed by atoms with E-state index in [-0.39, 0.29) is 18.0 Å². The van der Waals surface area contributed by atoms with Gasteiger partial charge in [-0.25, -0.2) is 8.78 Å². The molecule has 104 valence electrons. The van der Waals surface area contributed by atoms with Crippen LogP contribution in [0.25, 0.3) is 0 Å². The molecular weight excluding hydrogens is 278 g/mol. The molecule has 0 saturated carbocycles. The number of aliphatic hydroxyl groups excluding tert-OH is 1. The molecule has 18 heavy (non-hydrogen) atoms. The molecule has 0 aliphatic heterocycles. The lowest BCUT2D eigenvalue weighted by Crippen LogP contribution is -2.36. The number of ether oxygens (including phenoxy) is 1. The van der Waals surface area contributed by atoms with Crippen LogP contribution in [0.3, 0.4) is 0 Å². The largest absolute Gasteiger partial charge is 0.434 e. The molecule has 0 saturated heterocycles. The Balaban J connectivity index is 0.00000289. The Morgan fingerprint density at radius 3 is 2.33 bits per heavy atom. The normalized spacial score (nSPS) is 13.1. The molecule has 0 heterocycles. The lowest BCUT2D eigenvalue weighted by Gasteiger charge is -2.23. The molecular formula is C10H12ClF4NO2. The van der Waals surface area contributed by atoms with Crippen LogP contribution in [0.4, 0.5) is 17.6 Å². The highest BCUT2D eigenvalue weighted by atomic mass is 35.5. The fraction of sp³-hybridized carbons (Fsp3) is 0.400. The van der Waals surface area contributed by atoms with Crippen molar-refractivity contribution in [1.82, 2.24) is 0 Å². The Kier molecular flexibility index (Phi) is 6.37. The molecule has 8 heteroatoms. The van der Waals surface area contributed by atoms with Gasteiger partial charge in [0.25, 0.3) is 5.92 Å². The fourth-order valence-electron chi connectivity index (χ4n) is 1.27. The van der Waals surface area contributed by atoms with E-state index in [9.17, 15) is 17.6 Å². The lowest BCUT2D eigenvalue weighted by molar-refractivity contribution is -0.0757. The fourth-order valence-corrected chi connectivity index (χ4v) is 1.27. The number of nitrogens with two attached hydrogens (primary N) is 1. The Hall–Kier alpha value is -1.05. The molecule has 0 aliphatic carbocycles. The Labute approximate surface area is 107 Å². The van der Waals surface area contributed by atoms with Gasteiger partial charge >= 0.3 is 6.61 Å². The van der Waals surface area contributed by atoms with Crippen molar-refractivity contribution in [2.45, 2.75) is 18.6 Å². The summed E-state index contributed by atoms with van der Waals surface area (Å²) in [4.78, 5) is 0. The summed E-state index contributed by atoms with van der Waals surface area (Å²) in [7, 11) is 0. The highest BCUT2D eigenvalue weighted by Gasteiger charge is 2.38. The number of para-hydroxylation sites is 1. The maximum absolute atomic E-state index is 13.1. The summed E-state index contributed by atoms with van der Waals surface area (Å²) in [6, 6.07) is 3.05. The van der Waals surface area contributed by atoms with Crippen LogP contribution in [-0.2, 0) is 0 Å². The summed E-state index contributed by atoms with van der Waals surface area (Å²) < 4.78 is 54.4. The second-order valence-electron chi connectivity index (χ2n) is 3.31. The third-order valence-electron chi connectivity index (χ3n) is 2.14. The molecule has 0 aromatic heterocycles. The van der Waals surface area contributed by atoms with Gasteiger partial charge in [0.1, 0.15) is 18.4 Å². The molecule has 1 aromatic carbocycles. The smallest absolute Gasteiger partial charge is 0.387 e. The van der Waals surface area contributed by atoms with Gasteiger partial charge in [0.05, 0.1) is 0 Å². The van der Waals surface area contributed by atoms with Gasteiger partial charge in [-0.2, -0.15) is 8.78 Å². The van der Waals surface area contributed by atoms with E-state index in [4.69, 9.17) is 10.8 Å². The molecule has 3 N–H and O–H groups in total. The van der Waals surface area contributed by atoms with E-state index < -0.39 is 30.9 Å². The van der Waals surface area contributed by atoms with Crippen molar-refractivity contribution in [1.29, 1.82) is 0 Å². The molecule has 0 unspecified atom stereocenters. The Morgan fingerprint density at radius 2 is 1.83 bits per heavy atom. The topological polar surface area (TPSA) is 55.5 Å². The van der Waals surface area contributed by atoms with Gasteiger partial charge in [-0.3, -0.25) is 0 Å². The van der Waals surface area contributed by atoms with Gasteiger partial charge in [0, 0.05) is 5.56 Å². The quantitative estimate of drug-likeness (QED) is 0.818. The highest BCUT2D eigenvalue weighted by molar-refractivity contribution is 5.85. The number of hydrogen-bond donors (Lipinski definition) is 2. The minimum Gasteiger partial charge on any atom is -0.434 e. The molecule has 0 fully saturated rings. The molecule has 1 atom stereocenters. The second-order valence-corrected chi connectivity index (χ2v) is 3.31. The van der Waals surface area contributed by atoms with E-state index in [1.807, 2.05) is 0 Å². The molecule has 3 nitrogen and oxygen atoms in total. The zero-order valence-electron chi connectivity index (χ0n) is 9.02. The van der Waals surface area contributed by atoms with Crippen LogP contribution in [0.1, 0.15) is 11.6 Å². The highest BCUT2D eigenvalue weighted by Crippen LogP contribution is 2.34. The minimum absolute atomic E-state index is 0. The molecule has 0 aliphatic rings. The van der Waals surface area contributed by atoms with Gasteiger partial charge in [0.2, 0.25) is 0 Å². The summed E-state index contributed by atoms with van der Waals surface area (Å²) in [5.41, 5.74) is 4.94. The van der Waals surface area contributed by atoms with E-state index in [0.29, 0.717) is 0 Å². The number of rotatable bonds is 5. The molecule has 1 rings (SSSR count). The summed E-state index contributed by atoms with van der Waals surface area (Å²) in [5.74, 6) is -4.04. The molecule has 0 spiro atoms. The standard InChI is InChI=1S/C10H11F4NO2.ClH/c11-9(12)17-7-4-2-1-3-6(7)8(15)10(13,14)5-16;/h1-4,8-9,16H,5,15H2;1H/t8-;/m0./s1. The van der Waals surface area contributed by atoms with Crippen LogP contribution in [0, 0.1) is 0 Å². The lowest BCUT2D eigenvalue weighted by atomic mass is 10.0. The number of halogens is 5. The average molecular weight is 290 g/mol.